The normalized spacial score (nSPS) is 39.5. The van der Waals surface area contributed by atoms with E-state index >= 15 is 0 Å². The van der Waals surface area contributed by atoms with E-state index in [1.54, 1.807) is 0 Å². The molecule has 1 amide bonds. The van der Waals surface area contributed by atoms with Crippen LogP contribution in [0.1, 0.15) is 33.1 Å². The van der Waals surface area contributed by atoms with Crippen molar-refractivity contribution >= 4 is 11.9 Å². The van der Waals surface area contributed by atoms with Crippen molar-refractivity contribution < 1.29 is 19.4 Å². The van der Waals surface area contributed by atoms with Gasteiger partial charge in [0.25, 0.3) is 0 Å². The van der Waals surface area contributed by atoms with E-state index in [-0.39, 0.29) is 24.5 Å². The lowest BCUT2D eigenvalue weighted by molar-refractivity contribution is -0.175. The minimum atomic E-state index is -0.956. The average Bonchev–Trinajstić information content (AvgIpc) is 3.03. The first-order valence-electron chi connectivity index (χ1n) is 7.18. The van der Waals surface area contributed by atoms with Crippen LogP contribution in [-0.4, -0.2) is 41.8 Å². The molecule has 6 heteroatoms. The molecule has 3 atom stereocenters. The summed E-state index contributed by atoms with van der Waals surface area (Å²) in [6, 6.07) is 0. The predicted octanol–water partition coefficient (Wildman–Crippen LogP) is 0.110. The van der Waals surface area contributed by atoms with Gasteiger partial charge in [-0.25, -0.2) is 0 Å². The fourth-order valence-electron chi connectivity index (χ4n) is 3.86. The van der Waals surface area contributed by atoms with Crippen LogP contribution >= 0.6 is 0 Å². The molecule has 3 rings (SSSR count). The van der Waals surface area contributed by atoms with E-state index in [0.29, 0.717) is 19.4 Å². The lowest BCUT2D eigenvalue weighted by Gasteiger charge is -2.60. The Labute approximate surface area is 118 Å². The minimum Gasteiger partial charge on any atom is -0.481 e. The van der Waals surface area contributed by atoms with Crippen LogP contribution in [0.2, 0.25) is 0 Å². The Hall–Kier alpha value is -1.14. The summed E-state index contributed by atoms with van der Waals surface area (Å²) in [6.07, 6.45) is 2.08. The van der Waals surface area contributed by atoms with Gasteiger partial charge < -0.3 is 20.9 Å². The zero-order valence-electron chi connectivity index (χ0n) is 11.9. The summed E-state index contributed by atoms with van der Waals surface area (Å²) in [5.74, 6) is -1.03. The highest BCUT2D eigenvalue weighted by Gasteiger charge is 2.71. The number of carboxylic acids is 1. The maximum atomic E-state index is 12.5. The van der Waals surface area contributed by atoms with Crippen LogP contribution in [-0.2, 0) is 14.3 Å². The van der Waals surface area contributed by atoms with Crippen molar-refractivity contribution in [2.45, 2.75) is 44.8 Å². The number of hydrogen-bond acceptors (Lipinski definition) is 4. The molecule has 0 aromatic carbocycles. The third kappa shape index (κ3) is 1.52. The zero-order valence-corrected chi connectivity index (χ0v) is 11.9. The van der Waals surface area contributed by atoms with Crippen molar-refractivity contribution in [3.8, 4) is 0 Å². The number of hydrogen-bond donors (Lipinski definition) is 3. The lowest BCUT2D eigenvalue weighted by Crippen LogP contribution is -2.80. The van der Waals surface area contributed by atoms with Gasteiger partial charge in [0.2, 0.25) is 5.91 Å². The second-order valence-electron chi connectivity index (χ2n) is 7.05. The summed E-state index contributed by atoms with van der Waals surface area (Å²) >= 11 is 0. The van der Waals surface area contributed by atoms with Gasteiger partial charge in [-0.1, -0.05) is 13.8 Å². The fourth-order valence-corrected chi connectivity index (χ4v) is 3.86. The molecule has 0 aromatic heterocycles. The van der Waals surface area contributed by atoms with Gasteiger partial charge in [0.15, 0.2) is 0 Å². The van der Waals surface area contributed by atoms with Gasteiger partial charge in [-0.2, -0.15) is 0 Å². The molecule has 3 unspecified atom stereocenters. The van der Waals surface area contributed by atoms with Crippen LogP contribution in [0.25, 0.3) is 0 Å². The Morgan fingerprint density at radius 1 is 1.40 bits per heavy atom. The predicted molar refractivity (Wildman–Crippen MR) is 70.9 cm³/mol. The molecule has 0 bridgehead atoms. The first-order valence-corrected chi connectivity index (χ1v) is 7.18. The Morgan fingerprint density at radius 2 is 2.05 bits per heavy atom. The number of carboxylic acid groups (broad SMARTS) is 1. The van der Waals surface area contributed by atoms with Crippen LogP contribution < -0.4 is 11.1 Å². The summed E-state index contributed by atoms with van der Waals surface area (Å²) < 4.78 is 5.65. The molecule has 3 fully saturated rings. The van der Waals surface area contributed by atoms with Crippen LogP contribution in [0.15, 0.2) is 0 Å². The van der Waals surface area contributed by atoms with E-state index in [1.807, 2.05) is 13.8 Å². The maximum Gasteiger partial charge on any atom is 0.311 e. The molecule has 1 saturated heterocycles. The number of nitrogens with one attached hydrogen (secondary N) is 1. The minimum absolute atomic E-state index is 0.0348. The molecule has 0 spiro atoms. The average molecular weight is 282 g/mol. The van der Waals surface area contributed by atoms with E-state index in [9.17, 15) is 9.59 Å². The molecule has 2 saturated carbocycles. The number of rotatable bonds is 4. The van der Waals surface area contributed by atoms with E-state index in [4.69, 9.17) is 15.6 Å². The van der Waals surface area contributed by atoms with Gasteiger partial charge in [-0.05, 0) is 19.3 Å². The monoisotopic (exact) mass is 282 g/mol. The van der Waals surface area contributed by atoms with Crippen molar-refractivity contribution in [3.63, 3.8) is 0 Å². The molecule has 3 aliphatic rings. The standard InChI is InChI=1S/C14H22N2O4/c1-12(2)9-8(3-6-20-9)14(12,15)10(17)16-7-13(4-5-13)11(18)19/h8-9H,3-7,15H2,1-2H3,(H,16,17)(H,18,19). The number of carbonyl (C=O) groups is 2. The molecule has 1 aliphatic heterocycles. The Bertz CT molecular complexity index is 472. The third-order valence-electron chi connectivity index (χ3n) is 5.72. The van der Waals surface area contributed by atoms with Crippen molar-refractivity contribution in [2.75, 3.05) is 13.2 Å². The first kappa shape index (κ1) is 13.8. The largest absolute Gasteiger partial charge is 0.481 e. The molecule has 4 N–H and O–H groups in total. The van der Waals surface area contributed by atoms with Crippen LogP contribution in [0, 0.1) is 16.7 Å². The SMILES string of the molecule is CC1(C)C2OCCC2C1(N)C(=O)NCC1(C(=O)O)CC1. The smallest absolute Gasteiger partial charge is 0.311 e. The third-order valence-corrected chi connectivity index (χ3v) is 5.72. The van der Waals surface area contributed by atoms with E-state index < -0.39 is 22.3 Å². The molecule has 1 heterocycles. The number of nitrogens with two attached hydrogens (primary N) is 1. The van der Waals surface area contributed by atoms with E-state index in [0.717, 1.165) is 6.42 Å². The quantitative estimate of drug-likeness (QED) is 0.679. The number of carbonyl (C=O) groups excluding carboxylic acids is 1. The van der Waals surface area contributed by atoms with Crippen LogP contribution in [0.5, 0.6) is 0 Å². The van der Waals surface area contributed by atoms with Crippen LogP contribution in [0.3, 0.4) is 0 Å². The zero-order chi connectivity index (χ0) is 14.8. The highest BCUT2D eigenvalue weighted by Crippen LogP contribution is 2.58. The highest BCUT2D eigenvalue weighted by atomic mass is 16.5. The Morgan fingerprint density at radius 3 is 2.60 bits per heavy atom. The molecule has 112 valence electrons. The summed E-state index contributed by atoms with van der Waals surface area (Å²) in [5, 5.41) is 11.9. The topological polar surface area (TPSA) is 102 Å². The summed E-state index contributed by atoms with van der Waals surface area (Å²) in [7, 11) is 0. The fraction of sp³-hybridized carbons (Fsp3) is 0.857. The van der Waals surface area contributed by atoms with E-state index in [1.165, 1.54) is 0 Å². The molecular weight excluding hydrogens is 260 g/mol. The summed E-state index contributed by atoms with van der Waals surface area (Å²) in [4.78, 5) is 23.7. The lowest BCUT2D eigenvalue weighted by atomic mass is 9.48. The highest BCUT2D eigenvalue weighted by molar-refractivity contribution is 5.90. The second kappa shape index (κ2) is 3.95. The van der Waals surface area contributed by atoms with Crippen molar-refractivity contribution in [3.05, 3.63) is 0 Å². The van der Waals surface area contributed by atoms with Crippen molar-refractivity contribution in [1.82, 2.24) is 5.32 Å². The van der Waals surface area contributed by atoms with Gasteiger partial charge in [-0.15, -0.1) is 0 Å². The van der Waals surface area contributed by atoms with Gasteiger partial charge in [-0.3, -0.25) is 9.59 Å². The number of aliphatic carboxylic acids is 1. The van der Waals surface area contributed by atoms with Gasteiger partial charge in [0, 0.05) is 24.5 Å². The molecule has 20 heavy (non-hydrogen) atoms. The molecule has 2 aliphatic carbocycles. The van der Waals surface area contributed by atoms with Crippen molar-refractivity contribution in [1.29, 1.82) is 0 Å². The molecule has 0 aromatic rings. The summed E-state index contributed by atoms with van der Waals surface area (Å²) in [6.45, 7) is 4.71. The Balaban J connectivity index is 1.69. The number of ether oxygens (including phenoxy) is 1. The molecule has 6 nitrogen and oxygen atoms in total. The maximum absolute atomic E-state index is 12.5. The van der Waals surface area contributed by atoms with Crippen molar-refractivity contribution in [2.24, 2.45) is 22.5 Å². The molecule has 0 radical (unpaired) electrons. The van der Waals surface area contributed by atoms with Crippen LogP contribution in [0.4, 0.5) is 0 Å². The first-order chi connectivity index (χ1) is 9.26. The van der Waals surface area contributed by atoms with Gasteiger partial charge in [0.1, 0.15) is 5.54 Å². The number of fused-ring (bicyclic) bond motifs is 1. The molecular formula is C14H22N2O4. The van der Waals surface area contributed by atoms with E-state index in [2.05, 4.69) is 5.32 Å². The summed E-state index contributed by atoms with van der Waals surface area (Å²) in [5.41, 5.74) is 4.26. The van der Waals surface area contributed by atoms with Gasteiger partial charge >= 0.3 is 5.97 Å². The number of amides is 1. The van der Waals surface area contributed by atoms with Gasteiger partial charge in [0.05, 0.1) is 11.5 Å². The second-order valence-corrected chi connectivity index (χ2v) is 7.05. The Kier molecular flexibility index (Phi) is 2.73.